The number of carbonyl (C=O) groups is 2. The van der Waals surface area contributed by atoms with Crippen LogP contribution in [0.15, 0.2) is 72.8 Å². The molecule has 1 atom stereocenters. The van der Waals surface area contributed by atoms with Crippen molar-refractivity contribution in [1.82, 2.24) is 15.1 Å². The van der Waals surface area contributed by atoms with E-state index >= 15 is 0 Å². The van der Waals surface area contributed by atoms with E-state index in [4.69, 9.17) is 14.6 Å². The van der Waals surface area contributed by atoms with E-state index in [2.05, 4.69) is 5.32 Å². The van der Waals surface area contributed by atoms with E-state index in [9.17, 15) is 14.0 Å². The fourth-order valence-electron chi connectivity index (χ4n) is 4.83. The molecule has 0 fully saturated rings. The maximum absolute atomic E-state index is 13.9. The largest absolute Gasteiger partial charge is 0.493 e. The van der Waals surface area contributed by atoms with Gasteiger partial charge in [0.25, 0.3) is 0 Å². The Morgan fingerprint density at radius 3 is 2.46 bits per heavy atom. The van der Waals surface area contributed by atoms with Crippen LogP contribution in [0.5, 0.6) is 11.5 Å². The van der Waals surface area contributed by atoms with Gasteiger partial charge in [-0.25, -0.2) is 9.07 Å². The lowest BCUT2D eigenvalue weighted by Gasteiger charge is -2.23. The molecule has 0 bridgehead atoms. The van der Waals surface area contributed by atoms with E-state index in [0.717, 1.165) is 23.1 Å². The van der Waals surface area contributed by atoms with Gasteiger partial charge in [-0.3, -0.25) is 14.5 Å². The lowest BCUT2D eigenvalue weighted by Crippen LogP contribution is -2.42. The Balaban J connectivity index is 1.78. The number of anilines is 1. The minimum atomic E-state index is -0.388. The van der Waals surface area contributed by atoms with Gasteiger partial charge in [0.05, 0.1) is 36.6 Å². The van der Waals surface area contributed by atoms with Gasteiger partial charge in [0.15, 0.2) is 11.5 Å². The van der Waals surface area contributed by atoms with Gasteiger partial charge in [-0.1, -0.05) is 43.3 Å². The van der Waals surface area contributed by atoms with Crippen molar-refractivity contribution >= 4 is 29.4 Å². The first-order valence-corrected chi connectivity index (χ1v) is 14.3. The molecule has 1 aromatic heterocycles. The van der Waals surface area contributed by atoms with Gasteiger partial charge < -0.3 is 14.8 Å². The van der Waals surface area contributed by atoms with Crippen molar-refractivity contribution in [3.05, 3.63) is 89.7 Å². The first kappa shape index (κ1) is 28.2. The van der Waals surface area contributed by atoms with Crippen LogP contribution in [0.3, 0.4) is 0 Å². The van der Waals surface area contributed by atoms with Crippen LogP contribution in [0.2, 0.25) is 0 Å². The molecule has 10 heteroatoms. The number of nitrogens with one attached hydrogen (secondary N) is 1. The van der Waals surface area contributed by atoms with Crippen molar-refractivity contribution in [1.29, 1.82) is 0 Å². The SMILES string of the molecule is CCCNC(=O)CN1C(=O)CSC(c2ccc(OC)c(OC)c2)c2c(-c3ccccc3)nn(-c3ccc(F)cc3)c21. The Labute approximate surface area is 242 Å². The van der Waals surface area contributed by atoms with Crippen LogP contribution >= 0.6 is 11.8 Å². The van der Waals surface area contributed by atoms with Crippen LogP contribution < -0.4 is 19.7 Å². The fraction of sp³-hybridized carbons (Fsp3) is 0.258. The van der Waals surface area contributed by atoms with Crippen LogP contribution in [-0.2, 0) is 9.59 Å². The summed E-state index contributed by atoms with van der Waals surface area (Å²) in [4.78, 5) is 28.2. The number of ether oxygens (including phenoxy) is 2. The molecular weight excluding hydrogens is 543 g/mol. The first-order chi connectivity index (χ1) is 19.9. The molecule has 212 valence electrons. The number of benzene rings is 3. The van der Waals surface area contributed by atoms with Crippen molar-refractivity contribution in [2.24, 2.45) is 0 Å². The molecule has 1 unspecified atom stereocenters. The van der Waals surface area contributed by atoms with Crippen molar-refractivity contribution in [3.8, 4) is 28.4 Å². The summed E-state index contributed by atoms with van der Waals surface area (Å²) in [6, 6.07) is 21.3. The zero-order valence-corrected chi connectivity index (χ0v) is 23.9. The lowest BCUT2D eigenvalue weighted by molar-refractivity contribution is -0.122. The topological polar surface area (TPSA) is 85.7 Å². The standard InChI is InChI=1S/C31H31FN4O4S/c1-4-16-33-26(37)18-35-27(38)19-41-30(21-10-15-24(39-2)25(17-21)40-3)28-29(20-8-6-5-7-9-20)34-36(31(28)35)23-13-11-22(32)12-14-23/h5-15,17,30H,4,16,18-19H2,1-3H3,(H,33,37). The Kier molecular flexibility index (Phi) is 8.58. The van der Waals surface area contributed by atoms with E-state index in [1.165, 1.54) is 28.8 Å². The van der Waals surface area contributed by atoms with Gasteiger partial charge in [0, 0.05) is 17.7 Å². The summed E-state index contributed by atoms with van der Waals surface area (Å²) in [7, 11) is 3.16. The van der Waals surface area contributed by atoms with Gasteiger partial charge in [-0.15, -0.1) is 11.8 Å². The Morgan fingerprint density at radius 1 is 1.05 bits per heavy atom. The van der Waals surface area contributed by atoms with Gasteiger partial charge in [0.1, 0.15) is 18.2 Å². The van der Waals surface area contributed by atoms with Gasteiger partial charge in [0.2, 0.25) is 11.8 Å². The maximum Gasteiger partial charge on any atom is 0.240 e. The number of halogens is 1. The van der Waals surface area contributed by atoms with Gasteiger partial charge in [-0.05, 0) is 48.4 Å². The fourth-order valence-corrected chi connectivity index (χ4v) is 6.02. The van der Waals surface area contributed by atoms with Crippen molar-refractivity contribution in [3.63, 3.8) is 0 Å². The third-order valence-corrected chi connectivity index (χ3v) is 8.05. The Hall–Kier alpha value is -4.31. The van der Waals surface area contributed by atoms with E-state index in [1.54, 1.807) is 31.0 Å². The summed E-state index contributed by atoms with van der Waals surface area (Å²) in [5, 5.41) is 7.54. The summed E-state index contributed by atoms with van der Waals surface area (Å²) in [5.41, 5.74) is 3.72. The molecule has 1 aliphatic heterocycles. The summed E-state index contributed by atoms with van der Waals surface area (Å²) in [6.07, 6.45) is 0.772. The average molecular weight is 575 g/mol. The van der Waals surface area contributed by atoms with Crippen molar-refractivity contribution in [2.75, 3.05) is 38.0 Å². The molecule has 0 radical (unpaired) electrons. The molecule has 41 heavy (non-hydrogen) atoms. The highest BCUT2D eigenvalue weighted by molar-refractivity contribution is 8.00. The first-order valence-electron chi connectivity index (χ1n) is 13.3. The Morgan fingerprint density at radius 2 is 1.78 bits per heavy atom. The molecule has 0 aliphatic carbocycles. The van der Waals surface area contributed by atoms with E-state index < -0.39 is 0 Å². The highest BCUT2D eigenvalue weighted by atomic mass is 32.2. The second-order valence-electron chi connectivity index (χ2n) is 9.48. The molecule has 4 aromatic rings. The molecule has 8 nitrogen and oxygen atoms in total. The smallest absolute Gasteiger partial charge is 0.240 e. The number of fused-ring (bicyclic) bond motifs is 1. The normalized spacial score (nSPS) is 14.8. The van der Waals surface area contributed by atoms with Crippen LogP contribution in [0.25, 0.3) is 16.9 Å². The molecule has 1 N–H and O–H groups in total. The van der Waals surface area contributed by atoms with E-state index in [0.29, 0.717) is 35.2 Å². The predicted molar refractivity (Wildman–Crippen MR) is 158 cm³/mol. The number of hydrogen-bond donors (Lipinski definition) is 1. The number of aromatic nitrogens is 2. The summed E-state index contributed by atoms with van der Waals surface area (Å²) in [6.45, 7) is 2.30. The van der Waals surface area contributed by atoms with Crippen LogP contribution in [0.4, 0.5) is 10.2 Å². The molecule has 0 spiro atoms. The monoisotopic (exact) mass is 574 g/mol. The van der Waals surface area contributed by atoms with Gasteiger partial charge >= 0.3 is 0 Å². The maximum atomic E-state index is 13.9. The minimum absolute atomic E-state index is 0.131. The van der Waals surface area contributed by atoms with Crippen LogP contribution in [0.1, 0.15) is 29.7 Å². The highest BCUT2D eigenvalue weighted by Crippen LogP contribution is 2.49. The van der Waals surface area contributed by atoms with Crippen LogP contribution in [0, 0.1) is 5.82 Å². The molecule has 1 aliphatic rings. The second-order valence-corrected chi connectivity index (χ2v) is 10.6. The average Bonchev–Trinajstić information content (AvgIpc) is 3.33. The van der Waals surface area contributed by atoms with E-state index in [-0.39, 0.29) is 35.2 Å². The number of methoxy groups -OCH3 is 2. The number of hydrogen-bond acceptors (Lipinski definition) is 6. The van der Waals surface area contributed by atoms with Crippen molar-refractivity contribution in [2.45, 2.75) is 18.6 Å². The number of rotatable bonds is 9. The summed E-state index contributed by atoms with van der Waals surface area (Å²) in [5.74, 6) is 0.864. The summed E-state index contributed by atoms with van der Waals surface area (Å²) < 4.78 is 26.7. The van der Waals surface area contributed by atoms with E-state index in [1.807, 2.05) is 55.5 Å². The molecule has 5 rings (SSSR count). The quantitative estimate of drug-likeness (QED) is 0.289. The lowest BCUT2D eigenvalue weighted by atomic mass is 9.99. The Bertz CT molecular complexity index is 1540. The third-order valence-electron chi connectivity index (χ3n) is 6.79. The molecule has 3 aromatic carbocycles. The number of nitrogens with zero attached hydrogens (tertiary/aromatic N) is 3. The number of carbonyl (C=O) groups excluding carboxylic acids is 2. The molecular formula is C31H31FN4O4S. The third kappa shape index (κ3) is 5.78. The van der Waals surface area contributed by atoms with Gasteiger partial charge in [-0.2, -0.15) is 5.10 Å². The molecule has 2 heterocycles. The van der Waals surface area contributed by atoms with Crippen LogP contribution in [-0.4, -0.2) is 54.7 Å². The zero-order chi connectivity index (χ0) is 28.9. The highest BCUT2D eigenvalue weighted by Gasteiger charge is 2.38. The number of thioether (sulfide) groups is 1. The summed E-state index contributed by atoms with van der Waals surface area (Å²) >= 11 is 1.46. The molecule has 0 saturated heterocycles. The molecule has 2 amide bonds. The zero-order valence-electron chi connectivity index (χ0n) is 23.1. The molecule has 0 saturated carbocycles. The minimum Gasteiger partial charge on any atom is -0.493 e. The predicted octanol–water partition coefficient (Wildman–Crippen LogP) is 5.39. The second kappa shape index (κ2) is 12.5. The van der Waals surface area contributed by atoms with Crippen molar-refractivity contribution < 1.29 is 23.5 Å². The number of amides is 2.